The van der Waals surface area contributed by atoms with Crippen molar-refractivity contribution >= 4 is 44.7 Å². The molecule has 2 heterocycles. The molecule has 0 radical (unpaired) electrons. The molecule has 0 atom stereocenters. The molecule has 31 heavy (non-hydrogen) atoms. The molecule has 5 heteroatoms. The van der Waals surface area contributed by atoms with Gasteiger partial charge in [0.25, 0.3) is 0 Å². The van der Waals surface area contributed by atoms with Crippen molar-refractivity contribution < 1.29 is 4.74 Å². The summed E-state index contributed by atoms with van der Waals surface area (Å²) in [6, 6.07) is 22.2. The van der Waals surface area contributed by atoms with Crippen molar-refractivity contribution in [1.29, 1.82) is 0 Å². The van der Waals surface area contributed by atoms with Gasteiger partial charge < -0.3 is 9.30 Å². The molecule has 5 aromatic rings. The van der Waals surface area contributed by atoms with E-state index >= 15 is 0 Å². The van der Waals surface area contributed by atoms with Gasteiger partial charge in [0.1, 0.15) is 11.3 Å². The fourth-order valence-electron chi connectivity index (χ4n) is 4.05. The highest BCUT2D eigenvalue weighted by molar-refractivity contribution is 6.31. The van der Waals surface area contributed by atoms with Crippen LogP contribution in [-0.4, -0.2) is 21.1 Å². The monoisotopic (exact) mass is 429 g/mol. The predicted molar refractivity (Wildman–Crippen MR) is 128 cm³/mol. The first-order valence-corrected chi connectivity index (χ1v) is 11.2. The molecule has 0 amide bonds. The second kappa shape index (κ2) is 8.56. The molecule has 2 aromatic heterocycles. The van der Waals surface area contributed by atoms with E-state index in [1.165, 1.54) is 12.8 Å². The minimum absolute atomic E-state index is 0.651. The maximum atomic E-state index is 6.34. The van der Waals surface area contributed by atoms with Crippen molar-refractivity contribution in [1.82, 2.24) is 14.5 Å². The molecule has 0 unspecified atom stereocenters. The fourth-order valence-corrected chi connectivity index (χ4v) is 4.22. The van der Waals surface area contributed by atoms with Crippen LogP contribution in [0.15, 0.2) is 66.7 Å². The Hall–Kier alpha value is -3.11. The van der Waals surface area contributed by atoms with Gasteiger partial charge in [0.2, 0.25) is 0 Å². The van der Waals surface area contributed by atoms with Crippen LogP contribution in [0.3, 0.4) is 0 Å². The van der Waals surface area contributed by atoms with Crippen molar-refractivity contribution in [3.05, 3.63) is 77.3 Å². The summed E-state index contributed by atoms with van der Waals surface area (Å²) in [5.41, 5.74) is 5.69. The van der Waals surface area contributed by atoms with Crippen LogP contribution >= 0.6 is 11.6 Å². The van der Waals surface area contributed by atoms with Gasteiger partial charge in [-0.15, -0.1) is 0 Å². The van der Waals surface area contributed by atoms with Gasteiger partial charge in [-0.05, 0) is 42.8 Å². The van der Waals surface area contributed by atoms with E-state index in [2.05, 4.69) is 29.7 Å². The van der Waals surface area contributed by atoms with E-state index < -0.39 is 0 Å². The largest absolute Gasteiger partial charge is 0.493 e. The number of para-hydroxylation sites is 3. The highest BCUT2D eigenvalue weighted by Crippen LogP contribution is 2.32. The van der Waals surface area contributed by atoms with Crippen molar-refractivity contribution in [2.24, 2.45) is 0 Å². The first-order chi connectivity index (χ1) is 15.2. The van der Waals surface area contributed by atoms with E-state index in [1.54, 1.807) is 0 Å². The van der Waals surface area contributed by atoms with Gasteiger partial charge in [-0.1, -0.05) is 61.7 Å². The topological polar surface area (TPSA) is 39.9 Å². The van der Waals surface area contributed by atoms with Crippen molar-refractivity contribution in [2.75, 3.05) is 6.61 Å². The molecule has 0 N–H and O–H groups in total. The maximum Gasteiger partial charge on any atom is 0.160 e. The molecule has 5 rings (SSSR count). The summed E-state index contributed by atoms with van der Waals surface area (Å²) in [5, 5.41) is 1.71. The Kier molecular flexibility index (Phi) is 5.47. The lowest BCUT2D eigenvalue weighted by molar-refractivity contribution is 0.303. The number of fused-ring (bicyclic) bond motifs is 4. The minimum atomic E-state index is 0.651. The zero-order valence-electron chi connectivity index (χ0n) is 17.5. The number of aromatic nitrogens is 3. The van der Waals surface area contributed by atoms with E-state index in [1.807, 2.05) is 48.5 Å². The molecule has 3 aromatic carbocycles. The lowest BCUT2D eigenvalue weighted by atomic mass is 10.2. The van der Waals surface area contributed by atoms with Gasteiger partial charge in [-0.3, -0.25) is 0 Å². The lowest BCUT2D eigenvalue weighted by Gasteiger charge is -2.13. The Morgan fingerprint density at radius 1 is 0.903 bits per heavy atom. The standard InChI is InChI=1S/C26H24ClN3O/c1-2-3-8-15-31-24-12-7-4-9-18(24)17-30-23-14-13-19(27)16-20(23)25-26(30)29-22-11-6-5-10-21(22)28-25/h4-7,9-14,16H,2-3,8,15,17H2,1H3. The number of nitrogens with zero attached hydrogens (tertiary/aromatic N) is 3. The molecule has 0 fully saturated rings. The average Bonchev–Trinajstić information content (AvgIpc) is 3.08. The summed E-state index contributed by atoms with van der Waals surface area (Å²) < 4.78 is 8.35. The van der Waals surface area contributed by atoms with Crippen molar-refractivity contribution in [2.45, 2.75) is 32.7 Å². The summed E-state index contributed by atoms with van der Waals surface area (Å²) in [5.74, 6) is 0.927. The van der Waals surface area contributed by atoms with E-state index in [0.29, 0.717) is 11.6 Å². The molecule has 0 aliphatic rings. The highest BCUT2D eigenvalue weighted by atomic mass is 35.5. The highest BCUT2D eigenvalue weighted by Gasteiger charge is 2.16. The second-order valence-corrected chi connectivity index (χ2v) is 8.23. The molecule has 0 bridgehead atoms. The molecule has 4 nitrogen and oxygen atoms in total. The third-order valence-corrected chi connectivity index (χ3v) is 5.85. The summed E-state index contributed by atoms with van der Waals surface area (Å²) in [6.45, 7) is 3.59. The third kappa shape index (κ3) is 3.84. The third-order valence-electron chi connectivity index (χ3n) is 5.62. The van der Waals surface area contributed by atoms with Crippen LogP contribution in [0.2, 0.25) is 5.02 Å². The smallest absolute Gasteiger partial charge is 0.160 e. The van der Waals surface area contributed by atoms with Gasteiger partial charge in [0, 0.05) is 16.0 Å². The van der Waals surface area contributed by atoms with Crippen molar-refractivity contribution in [3.8, 4) is 5.75 Å². The number of halogens is 1. The Balaban J connectivity index is 1.64. The van der Waals surface area contributed by atoms with Crippen LogP contribution in [0.4, 0.5) is 0 Å². The van der Waals surface area contributed by atoms with Gasteiger partial charge in [0.15, 0.2) is 5.65 Å². The Bertz CT molecular complexity index is 1380. The average molecular weight is 430 g/mol. The minimum Gasteiger partial charge on any atom is -0.493 e. The quantitative estimate of drug-likeness (QED) is 0.261. The number of ether oxygens (including phenoxy) is 1. The summed E-state index contributed by atoms with van der Waals surface area (Å²) >= 11 is 6.34. The molecule has 0 aliphatic carbocycles. The molecule has 0 saturated carbocycles. The van der Waals surface area contributed by atoms with Crippen molar-refractivity contribution in [3.63, 3.8) is 0 Å². The van der Waals surface area contributed by atoms with Crippen LogP contribution in [0.5, 0.6) is 5.75 Å². The van der Waals surface area contributed by atoms with Crippen LogP contribution in [0, 0.1) is 0 Å². The Labute approximate surface area is 186 Å². The maximum absolute atomic E-state index is 6.34. The molecular formula is C26H24ClN3O. The first kappa shape index (κ1) is 19.8. The molecule has 0 aliphatic heterocycles. The van der Waals surface area contributed by atoms with E-state index in [9.17, 15) is 0 Å². The normalized spacial score (nSPS) is 11.5. The zero-order chi connectivity index (χ0) is 21.2. The molecular weight excluding hydrogens is 406 g/mol. The van der Waals surface area contributed by atoms with E-state index in [0.717, 1.165) is 57.4 Å². The second-order valence-electron chi connectivity index (χ2n) is 7.80. The van der Waals surface area contributed by atoms with Gasteiger partial charge >= 0.3 is 0 Å². The molecule has 0 saturated heterocycles. The van der Waals surface area contributed by atoms with Crippen LogP contribution in [0.1, 0.15) is 31.7 Å². The van der Waals surface area contributed by atoms with Crippen LogP contribution in [-0.2, 0) is 6.54 Å². The Morgan fingerprint density at radius 3 is 2.52 bits per heavy atom. The fraction of sp³-hybridized carbons (Fsp3) is 0.231. The first-order valence-electron chi connectivity index (χ1n) is 10.8. The van der Waals surface area contributed by atoms with Gasteiger partial charge in [-0.2, -0.15) is 0 Å². The molecule has 0 spiro atoms. The summed E-state index contributed by atoms with van der Waals surface area (Å²) in [4.78, 5) is 9.90. The number of hydrogen-bond donors (Lipinski definition) is 0. The van der Waals surface area contributed by atoms with Gasteiger partial charge in [0.05, 0.1) is 29.7 Å². The number of benzene rings is 3. The summed E-state index contributed by atoms with van der Waals surface area (Å²) in [6.07, 6.45) is 3.43. The number of rotatable bonds is 7. The van der Waals surface area contributed by atoms with Gasteiger partial charge in [-0.25, -0.2) is 9.97 Å². The lowest BCUT2D eigenvalue weighted by Crippen LogP contribution is -2.05. The number of unbranched alkanes of at least 4 members (excludes halogenated alkanes) is 2. The predicted octanol–water partition coefficient (Wildman–Crippen LogP) is 7.01. The van der Waals surface area contributed by atoms with E-state index in [-0.39, 0.29) is 0 Å². The Morgan fingerprint density at radius 2 is 1.68 bits per heavy atom. The molecule has 156 valence electrons. The SMILES string of the molecule is CCCCCOc1ccccc1Cn1c2ccc(Cl)cc2c2nc3ccccc3nc21. The van der Waals surface area contributed by atoms with Crippen LogP contribution in [0.25, 0.3) is 33.1 Å². The van der Waals surface area contributed by atoms with E-state index in [4.69, 9.17) is 26.3 Å². The number of hydrogen-bond acceptors (Lipinski definition) is 3. The summed E-state index contributed by atoms with van der Waals surface area (Å²) in [7, 11) is 0. The zero-order valence-corrected chi connectivity index (χ0v) is 18.3. The van der Waals surface area contributed by atoms with Crippen LogP contribution < -0.4 is 4.74 Å².